The highest BCUT2D eigenvalue weighted by Gasteiger charge is 2.22. The van der Waals surface area contributed by atoms with Gasteiger partial charge in [-0.2, -0.15) is 4.98 Å². The monoisotopic (exact) mass is 348 g/mol. The molecule has 1 aliphatic heterocycles. The molecule has 0 radical (unpaired) electrons. The SMILES string of the molecule is Cc1noc(CCCC(=O)N2CCN(c3ccccc3Cl)CC2)n1. The third-order valence-corrected chi connectivity index (χ3v) is 4.50. The first kappa shape index (κ1) is 16.8. The molecule has 128 valence electrons. The minimum Gasteiger partial charge on any atom is -0.367 e. The van der Waals surface area contributed by atoms with Crippen molar-refractivity contribution in [2.75, 3.05) is 31.1 Å². The van der Waals surface area contributed by atoms with Gasteiger partial charge in [0.15, 0.2) is 5.82 Å². The summed E-state index contributed by atoms with van der Waals surface area (Å²) >= 11 is 6.24. The second-order valence-electron chi connectivity index (χ2n) is 5.91. The Hall–Kier alpha value is -2.08. The largest absolute Gasteiger partial charge is 0.367 e. The Morgan fingerprint density at radius 2 is 2.00 bits per heavy atom. The number of anilines is 1. The highest BCUT2D eigenvalue weighted by Crippen LogP contribution is 2.26. The first-order chi connectivity index (χ1) is 11.6. The normalized spacial score (nSPS) is 14.9. The third-order valence-electron chi connectivity index (χ3n) is 4.18. The number of piperazine rings is 1. The van der Waals surface area contributed by atoms with Gasteiger partial charge in [-0.15, -0.1) is 0 Å². The van der Waals surface area contributed by atoms with Gasteiger partial charge in [-0.1, -0.05) is 28.9 Å². The zero-order valence-corrected chi connectivity index (χ0v) is 14.5. The van der Waals surface area contributed by atoms with Gasteiger partial charge in [0.2, 0.25) is 11.8 Å². The molecule has 0 bridgehead atoms. The van der Waals surface area contributed by atoms with Gasteiger partial charge in [-0.3, -0.25) is 4.79 Å². The average Bonchev–Trinajstić information content (AvgIpc) is 3.01. The molecule has 3 rings (SSSR count). The first-order valence-electron chi connectivity index (χ1n) is 8.20. The molecule has 7 heteroatoms. The molecule has 0 atom stereocenters. The van der Waals surface area contributed by atoms with E-state index in [2.05, 4.69) is 15.0 Å². The molecule has 1 fully saturated rings. The van der Waals surface area contributed by atoms with Crippen LogP contribution in [-0.2, 0) is 11.2 Å². The van der Waals surface area contributed by atoms with Gasteiger partial charge in [0.25, 0.3) is 0 Å². The van der Waals surface area contributed by atoms with E-state index in [0.717, 1.165) is 43.3 Å². The van der Waals surface area contributed by atoms with Gasteiger partial charge in [0.1, 0.15) is 0 Å². The van der Waals surface area contributed by atoms with Crippen LogP contribution in [-0.4, -0.2) is 47.1 Å². The Kier molecular flexibility index (Phi) is 5.35. The molecule has 1 aromatic carbocycles. The highest BCUT2D eigenvalue weighted by molar-refractivity contribution is 6.33. The standard InChI is InChI=1S/C17H21ClN4O2/c1-13-19-16(24-20-13)7-4-8-17(23)22-11-9-21(10-12-22)15-6-3-2-5-14(15)18/h2-3,5-6H,4,7-12H2,1H3. The van der Waals surface area contributed by atoms with E-state index < -0.39 is 0 Å². The van der Waals surface area contributed by atoms with Gasteiger partial charge in [0, 0.05) is 39.0 Å². The maximum atomic E-state index is 12.3. The molecule has 1 aromatic heterocycles. The van der Waals surface area contributed by atoms with E-state index in [4.69, 9.17) is 16.1 Å². The molecular weight excluding hydrogens is 328 g/mol. The van der Waals surface area contributed by atoms with Gasteiger partial charge in [0.05, 0.1) is 10.7 Å². The number of carbonyl (C=O) groups excluding carboxylic acids is 1. The number of para-hydroxylation sites is 1. The number of carbonyl (C=O) groups is 1. The summed E-state index contributed by atoms with van der Waals surface area (Å²) in [7, 11) is 0. The Morgan fingerprint density at radius 3 is 2.67 bits per heavy atom. The number of benzene rings is 1. The van der Waals surface area contributed by atoms with Crippen LogP contribution in [0.4, 0.5) is 5.69 Å². The lowest BCUT2D eigenvalue weighted by Crippen LogP contribution is -2.48. The van der Waals surface area contributed by atoms with Crippen LogP contribution < -0.4 is 4.90 Å². The summed E-state index contributed by atoms with van der Waals surface area (Å²) in [5.74, 6) is 1.42. The van der Waals surface area contributed by atoms with Crippen LogP contribution in [0.25, 0.3) is 0 Å². The van der Waals surface area contributed by atoms with Crippen molar-refractivity contribution in [2.45, 2.75) is 26.2 Å². The zero-order valence-electron chi connectivity index (χ0n) is 13.7. The number of nitrogens with zero attached hydrogens (tertiary/aromatic N) is 4. The van der Waals surface area contributed by atoms with Crippen molar-refractivity contribution in [1.82, 2.24) is 15.0 Å². The molecule has 0 spiro atoms. The Balaban J connectivity index is 1.44. The quantitative estimate of drug-likeness (QED) is 0.831. The number of aromatic nitrogens is 2. The molecule has 0 unspecified atom stereocenters. The van der Waals surface area contributed by atoms with Crippen LogP contribution >= 0.6 is 11.6 Å². The van der Waals surface area contributed by atoms with Crippen LogP contribution in [0.2, 0.25) is 5.02 Å². The molecule has 2 aromatic rings. The predicted molar refractivity (Wildman–Crippen MR) is 92.2 cm³/mol. The smallest absolute Gasteiger partial charge is 0.226 e. The maximum Gasteiger partial charge on any atom is 0.226 e. The summed E-state index contributed by atoms with van der Waals surface area (Å²) in [6.07, 6.45) is 1.88. The number of rotatable bonds is 5. The fourth-order valence-electron chi connectivity index (χ4n) is 2.90. The first-order valence-corrected chi connectivity index (χ1v) is 8.58. The third kappa shape index (κ3) is 4.06. The molecule has 0 saturated carbocycles. The van der Waals surface area contributed by atoms with Crippen molar-refractivity contribution >= 4 is 23.2 Å². The minimum atomic E-state index is 0.185. The summed E-state index contributed by atoms with van der Waals surface area (Å²) < 4.78 is 5.06. The molecule has 24 heavy (non-hydrogen) atoms. The van der Waals surface area contributed by atoms with E-state index in [0.29, 0.717) is 24.6 Å². The molecule has 6 nitrogen and oxygen atoms in total. The summed E-state index contributed by atoms with van der Waals surface area (Å²) in [6.45, 7) is 4.85. The molecule has 1 aliphatic rings. The number of hydrogen-bond acceptors (Lipinski definition) is 5. The maximum absolute atomic E-state index is 12.3. The van der Waals surface area contributed by atoms with E-state index in [1.165, 1.54) is 0 Å². The number of amides is 1. The average molecular weight is 349 g/mol. The Morgan fingerprint density at radius 1 is 1.25 bits per heavy atom. The van der Waals surface area contributed by atoms with Crippen LogP contribution in [0, 0.1) is 6.92 Å². The summed E-state index contributed by atoms with van der Waals surface area (Å²) in [6, 6.07) is 7.83. The lowest BCUT2D eigenvalue weighted by molar-refractivity contribution is -0.131. The van der Waals surface area contributed by atoms with Crippen LogP contribution in [0.1, 0.15) is 24.6 Å². The van der Waals surface area contributed by atoms with E-state index in [9.17, 15) is 4.79 Å². The Bertz CT molecular complexity index is 695. The molecule has 1 amide bonds. The van der Waals surface area contributed by atoms with Gasteiger partial charge < -0.3 is 14.3 Å². The molecule has 2 heterocycles. The lowest BCUT2D eigenvalue weighted by Gasteiger charge is -2.36. The van der Waals surface area contributed by atoms with Crippen molar-refractivity contribution < 1.29 is 9.32 Å². The lowest BCUT2D eigenvalue weighted by atomic mass is 10.2. The van der Waals surface area contributed by atoms with Crippen LogP contribution in [0.5, 0.6) is 0 Å². The number of halogens is 1. The number of aryl methyl sites for hydroxylation is 2. The predicted octanol–water partition coefficient (Wildman–Crippen LogP) is 2.70. The second kappa shape index (κ2) is 7.66. The summed E-state index contributed by atoms with van der Waals surface area (Å²) in [4.78, 5) is 20.6. The second-order valence-corrected chi connectivity index (χ2v) is 6.32. The van der Waals surface area contributed by atoms with Crippen LogP contribution in [0.15, 0.2) is 28.8 Å². The summed E-state index contributed by atoms with van der Waals surface area (Å²) in [5.41, 5.74) is 1.04. The van der Waals surface area contributed by atoms with Crippen molar-refractivity contribution in [2.24, 2.45) is 0 Å². The molecule has 0 aliphatic carbocycles. The topological polar surface area (TPSA) is 62.5 Å². The minimum absolute atomic E-state index is 0.185. The van der Waals surface area contributed by atoms with Crippen molar-refractivity contribution in [1.29, 1.82) is 0 Å². The Labute approximate surface area is 146 Å². The van der Waals surface area contributed by atoms with Crippen molar-refractivity contribution in [3.8, 4) is 0 Å². The van der Waals surface area contributed by atoms with E-state index in [1.807, 2.05) is 29.2 Å². The van der Waals surface area contributed by atoms with E-state index in [1.54, 1.807) is 6.92 Å². The molecular formula is C17H21ClN4O2. The van der Waals surface area contributed by atoms with Crippen LogP contribution in [0.3, 0.4) is 0 Å². The molecule has 0 N–H and O–H groups in total. The zero-order chi connectivity index (χ0) is 16.9. The van der Waals surface area contributed by atoms with Crippen molar-refractivity contribution in [3.63, 3.8) is 0 Å². The van der Waals surface area contributed by atoms with E-state index in [-0.39, 0.29) is 5.91 Å². The van der Waals surface area contributed by atoms with E-state index >= 15 is 0 Å². The fourth-order valence-corrected chi connectivity index (χ4v) is 3.15. The van der Waals surface area contributed by atoms with Gasteiger partial charge >= 0.3 is 0 Å². The van der Waals surface area contributed by atoms with Gasteiger partial charge in [-0.05, 0) is 25.5 Å². The highest BCUT2D eigenvalue weighted by atomic mass is 35.5. The molecule has 1 saturated heterocycles. The van der Waals surface area contributed by atoms with Crippen molar-refractivity contribution in [3.05, 3.63) is 41.0 Å². The van der Waals surface area contributed by atoms with Gasteiger partial charge in [-0.25, -0.2) is 0 Å². The fraction of sp³-hybridized carbons (Fsp3) is 0.471. The summed E-state index contributed by atoms with van der Waals surface area (Å²) in [5, 5.41) is 4.51. The number of hydrogen-bond donors (Lipinski definition) is 0.